The maximum atomic E-state index is 14.1. The SMILES string of the molecule is CCOc1ccc(NC(=O)[C@@H]2[C@H]3C(=O)N(CCCO)C(C(=O)NC(C)(C)CC(C)(C)C)C34CC[C@@]2(CC)O4)cc1. The molecule has 9 heteroatoms. The molecule has 2 bridgehead atoms. The first kappa shape index (κ1) is 30.3. The van der Waals surface area contributed by atoms with Crippen LogP contribution in [0, 0.1) is 17.3 Å². The van der Waals surface area contributed by atoms with E-state index < -0.39 is 34.6 Å². The van der Waals surface area contributed by atoms with Gasteiger partial charge in [0.2, 0.25) is 17.7 Å². The molecule has 3 amide bonds. The van der Waals surface area contributed by atoms with Crippen LogP contribution in [0.3, 0.4) is 0 Å². The standard InChI is InChI=1S/C31H47N3O6/c1-8-30-15-16-31(40-30)23(22(30)25(36)32-20-11-13-21(14-12-20)39-9-2)27(38)34(17-10-18-35)24(31)26(37)33-29(6,7)19-28(3,4)5/h11-14,22-24,35H,8-10,15-19H2,1-7H3,(H,32,36)(H,33,37)/t22-,23-,24?,30+,31?/m0/s1. The number of ether oxygens (including phenoxy) is 2. The highest BCUT2D eigenvalue weighted by atomic mass is 16.5. The Morgan fingerprint density at radius 1 is 1.10 bits per heavy atom. The summed E-state index contributed by atoms with van der Waals surface area (Å²) in [6.45, 7) is 14.9. The Labute approximate surface area is 238 Å². The van der Waals surface area contributed by atoms with Crippen LogP contribution in [0.2, 0.25) is 0 Å². The average Bonchev–Trinajstić information content (AvgIpc) is 3.45. The molecule has 3 fully saturated rings. The summed E-state index contributed by atoms with van der Waals surface area (Å²) in [5, 5.41) is 15.8. The number of rotatable bonds is 11. The van der Waals surface area contributed by atoms with Crippen LogP contribution in [0.4, 0.5) is 5.69 Å². The van der Waals surface area contributed by atoms with Gasteiger partial charge >= 0.3 is 0 Å². The second-order valence-electron chi connectivity index (χ2n) is 13.5. The number of nitrogens with zero attached hydrogens (tertiary/aromatic N) is 1. The minimum Gasteiger partial charge on any atom is -0.494 e. The quantitative estimate of drug-likeness (QED) is 0.380. The molecule has 2 unspecified atom stereocenters. The second-order valence-corrected chi connectivity index (χ2v) is 13.5. The van der Waals surface area contributed by atoms with Crippen molar-refractivity contribution in [3.63, 3.8) is 0 Å². The Balaban J connectivity index is 1.67. The minimum absolute atomic E-state index is 0.0156. The smallest absolute Gasteiger partial charge is 0.246 e. The minimum atomic E-state index is -1.09. The molecule has 1 aromatic carbocycles. The molecule has 3 saturated heterocycles. The average molecular weight is 558 g/mol. The number of likely N-dealkylation sites (tertiary alicyclic amines) is 1. The van der Waals surface area contributed by atoms with E-state index in [9.17, 15) is 19.5 Å². The zero-order chi connectivity index (χ0) is 29.5. The van der Waals surface area contributed by atoms with E-state index in [2.05, 4.69) is 31.4 Å². The molecule has 5 atom stereocenters. The molecule has 222 valence electrons. The van der Waals surface area contributed by atoms with Gasteiger partial charge in [-0.3, -0.25) is 14.4 Å². The van der Waals surface area contributed by atoms with Crippen molar-refractivity contribution in [3.05, 3.63) is 24.3 Å². The Morgan fingerprint density at radius 3 is 2.35 bits per heavy atom. The molecule has 3 aliphatic rings. The number of aliphatic hydroxyl groups excluding tert-OH is 1. The summed E-state index contributed by atoms with van der Waals surface area (Å²) in [5.41, 5.74) is -1.83. The normalized spacial score (nSPS) is 29.4. The summed E-state index contributed by atoms with van der Waals surface area (Å²) >= 11 is 0. The summed E-state index contributed by atoms with van der Waals surface area (Å²) in [6.07, 6.45) is 2.76. The number of carbonyl (C=O) groups excluding carboxylic acids is 3. The molecule has 4 rings (SSSR count). The van der Waals surface area contributed by atoms with Crippen LogP contribution in [0.1, 0.15) is 80.6 Å². The summed E-state index contributed by atoms with van der Waals surface area (Å²) in [5.74, 6) is -1.58. The van der Waals surface area contributed by atoms with Crippen LogP contribution in [0.15, 0.2) is 24.3 Å². The highest BCUT2D eigenvalue weighted by Crippen LogP contribution is 2.64. The first-order valence-electron chi connectivity index (χ1n) is 14.7. The first-order valence-corrected chi connectivity index (χ1v) is 14.7. The van der Waals surface area contributed by atoms with E-state index in [4.69, 9.17) is 9.47 Å². The Kier molecular flexibility index (Phi) is 8.31. The van der Waals surface area contributed by atoms with Gasteiger partial charge in [-0.05, 0) is 82.6 Å². The number of carbonyl (C=O) groups is 3. The van der Waals surface area contributed by atoms with Gasteiger partial charge in [0.05, 0.1) is 24.0 Å². The lowest BCUT2D eigenvalue weighted by molar-refractivity contribution is -0.147. The largest absolute Gasteiger partial charge is 0.494 e. The van der Waals surface area contributed by atoms with E-state index in [1.807, 2.05) is 27.7 Å². The Hall–Kier alpha value is -2.65. The zero-order valence-corrected chi connectivity index (χ0v) is 25.1. The lowest BCUT2D eigenvalue weighted by atomic mass is 9.65. The fourth-order valence-electron chi connectivity index (χ4n) is 7.69. The van der Waals surface area contributed by atoms with Gasteiger partial charge in [0.15, 0.2) is 0 Å². The highest BCUT2D eigenvalue weighted by molar-refractivity contribution is 6.02. The van der Waals surface area contributed by atoms with Gasteiger partial charge in [0.1, 0.15) is 17.4 Å². The number of fused-ring (bicyclic) bond motifs is 1. The number of hydrogen-bond donors (Lipinski definition) is 3. The lowest BCUT2D eigenvalue weighted by Crippen LogP contribution is -2.59. The van der Waals surface area contributed by atoms with E-state index in [1.54, 1.807) is 29.2 Å². The molecule has 0 saturated carbocycles. The number of nitrogens with one attached hydrogen (secondary N) is 2. The van der Waals surface area contributed by atoms with Crippen LogP contribution in [-0.2, 0) is 19.1 Å². The Morgan fingerprint density at radius 2 is 1.77 bits per heavy atom. The van der Waals surface area contributed by atoms with Crippen molar-refractivity contribution < 1.29 is 29.0 Å². The number of anilines is 1. The molecule has 3 aliphatic heterocycles. The second kappa shape index (κ2) is 11.0. The van der Waals surface area contributed by atoms with E-state index >= 15 is 0 Å². The summed E-state index contributed by atoms with van der Waals surface area (Å²) in [4.78, 5) is 43.7. The summed E-state index contributed by atoms with van der Waals surface area (Å²) < 4.78 is 12.3. The molecule has 40 heavy (non-hydrogen) atoms. The van der Waals surface area contributed by atoms with Crippen molar-refractivity contribution >= 4 is 23.4 Å². The molecule has 3 heterocycles. The monoisotopic (exact) mass is 557 g/mol. The number of benzene rings is 1. The van der Waals surface area contributed by atoms with E-state index in [0.29, 0.717) is 43.7 Å². The molecule has 1 spiro atoms. The number of aliphatic hydroxyl groups is 1. The van der Waals surface area contributed by atoms with Crippen LogP contribution < -0.4 is 15.4 Å². The fourth-order valence-corrected chi connectivity index (χ4v) is 7.69. The maximum absolute atomic E-state index is 14.1. The molecular weight excluding hydrogens is 510 g/mol. The van der Waals surface area contributed by atoms with Crippen molar-refractivity contribution in [1.29, 1.82) is 0 Å². The number of amides is 3. The van der Waals surface area contributed by atoms with E-state index in [0.717, 1.165) is 6.42 Å². The van der Waals surface area contributed by atoms with E-state index in [-0.39, 0.29) is 36.3 Å². The maximum Gasteiger partial charge on any atom is 0.246 e. The van der Waals surface area contributed by atoms with Gasteiger partial charge in [-0.1, -0.05) is 27.7 Å². The van der Waals surface area contributed by atoms with Crippen LogP contribution in [-0.4, -0.2) is 70.3 Å². The van der Waals surface area contributed by atoms with Gasteiger partial charge < -0.3 is 30.1 Å². The zero-order valence-electron chi connectivity index (χ0n) is 25.1. The topological polar surface area (TPSA) is 117 Å². The van der Waals surface area contributed by atoms with Crippen LogP contribution in [0.25, 0.3) is 0 Å². The van der Waals surface area contributed by atoms with Crippen LogP contribution in [0.5, 0.6) is 5.75 Å². The number of hydrogen-bond acceptors (Lipinski definition) is 6. The third-order valence-electron chi connectivity index (χ3n) is 8.64. The Bertz CT molecular complexity index is 1110. The first-order chi connectivity index (χ1) is 18.7. The molecule has 3 N–H and O–H groups in total. The van der Waals surface area contributed by atoms with Gasteiger partial charge in [-0.15, -0.1) is 0 Å². The molecule has 0 aromatic heterocycles. The van der Waals surface area contributed by atoms with Gasteiger partial charge in [0, 0.05) is 24.4 Å². The third-order valence-corrected chi connectivity index (χ3v) is 8.64. The van der Waals surface area contributed by atoms with Crippen molar-refractivity contribution in [3.8, 4) is 5.75 Å². The van der Waals surface area contributed by atoms with Gasteiger partial charge in [-0.25, -0.2) is 0 Å². The molecular formula is C31H47N3O6. The molecule has 0 aliphatic carbocycles. The predicted octanol–water partition coefficient (Wildman–Crippen LogP) is 3.89. The summed E-state index contributed by atoms with van der Waals surface area (Å²) in [6, 6.07) is 6.29. The fraction of sp³-hybridized carbons (Fsp3) is 0.710. The third kappa shape index (κ3) is 5.47. The lowest BCUT2D eigenvalue weighted by Gasteiger charge is -2.38. The van der Waals surface area contributed by atoms with Crippen molar-refractivity contribution in [1.82, 2.24) is 10.2 Å². The summed E-state index contributed by atoms with van der Waals surface area (Å²) in [7, 11) is 0. The van der Waals surface area contributed by atoms with Crippen molar-refractivity contribution in [2.75, 3.05) is 25.1 Å². The molecule has 1 aromatic rings. The highest BCUT2D eigenvalue weighted by Gasteiger charge is 2.78. The molecule has 0 radical (unpaired) electrons. The van der Waals surface area contributed by atoms with Crippen molar-refractivity contribution in [2.45, 2.75) is 103 Å². The van der Waals surface area contributed by atoms with Crippen LogP contribution >= 0.6 is 0 Å². The van der Waals surface area contributed by atoms with Gasteiger partial charge in [-0.2, -0.15) is 0 Å². The van der Waals surface area contributed by atoms with E-state index in [1.165, 1.54) is 0 Å². The predicted molar refractivity (Wildman–Crippen MR) is 153 cm³/mol. The molecule has 9 nitrogen and oxygen atoms in total. The van der Waals surface area contributed by atoms with Crippen molar-refractivity contribution in [2.24, 2.45) is 17.3 Å². The van der Waals surface area contributed by atoms with Gasteiger partial charge in [0.25, 0.3) is 0 Å².